The summed E-state index contributed by atoms with van der Waals surface area (Å²) in [4.78, 5) is 17.6. The third-order valence-corrected chi connectivity index (χ3v) is 2.90. The topological polar surface area (TPSA) is 42.4 Å². The molecule has 0 aliphatic heterocycles. The first-order valence-corrected chi connectivity index (χ1v) is 5.74. The van der Waals surface area contributed by atoms with Crippen LogP contribution in [0.3, 0.4) is 0 Å². The summed E-state index contributed by atoms with van der Waals surface area (Å²) >= 11 is 1.56. The maximum Gasteiger partial charge on any atom is 0.307 e. The molecule has 0 amide bonds. The summed E-state index contributed by atoms with van der Waals surface area (Å²) in [5.74, 6) is -0.175. The van der Waals surface area contributed by atoms with Crippen molar-refractivity contribution in [2.75, 3.05) is 20.7 Å². The number of hydrogen-bond acceptors (Lipinski definition) is 5. The number of carbonyl (C=O) groups excluding carboxylic acids is 1. The first kappa shape index (κ1) is 12.1. The lowest BCUT2D eigenvalue weighted by Gasteiger charge is -2.20. The van der Waals surface area contributed by atoms with E-state index in [1.54, 1.807) is 17.5 Å². The van der Waals surface area contributed by atoms with Gasteiger partial charge in [0.2, 0.25) is 0 Å². The zero-order valence-electron chi connectivity index (χ0n) is 9.27. The Balaban J connectivity index is 2.64. The normalized spacial score (nSPS) is 12.8. The quantitative estimate of drug-likeness (QED) is 0.719. The summed E-state index contributed by atoms with van der Waals surface area (Å²) in [6.07, 6.45) is 2.11. The van der Waals surface area contributed by atoms with E-state index in [0.29, 0.717) is 13.0 Å². The highest BCUT2D eigenvalue weighted by Crippen LogP contribution is 2.23. The van der Waals surface area contributed by atoms with E-state index in [1.165, 1.54) is 0 Å². The largest absolute Gasteiger partial charge is 0.466 e. The molecular weight excluding hydrogens is 212 g/mol. The molecule has 0 N–H and O–H groups in total. The van der Waals surface area contributed by atoms with E-state index in [0.717, 1.165) is 5.01 Å². The van der Waals surface area contributed by atoms with Gasteiger partial charge in [-0.2, -0.15) is 0 Å². The van der Waals surface area contributed by atoms with E-state index in [4.69, 9.17) is 4.74 Å². The van der Waals surface area contributed by atoms with Crippen LogP contribution in [0.15, 0.2) is 11.6 Å². The second-order valence-corrected chi connectivity index (χ2v) is 4.29. The summed E-state index contributed by atoms with van der Waals surface area (Å²) in [5, 5.41) is 2.87. The number of thiazole rings is 1. The van der Waals surface area contributed by atoms with E-state index in [-0.39, 0.29) is 12.0 Å². The smallest absolute Gasteiger partial charge is 0.307 e. The zero-order chi connectivity index (χ0) is 11.3. The van der Waals surface area contributed by atoms with Crippen LogP contribution >= 0.6 is 11.3 Å². The molecule has 1 rings (SSSR count). The Morgan fingerprint density at radius 3 is 2.87 bits per heavy atom. The maximum absolute atomic E-state index is 11.4. The Bertz CT molecular complexity index is 298. The Morgan fingerprint density at radius 2 is 2.40 bits per heavy atom. The van der Waals surface area contributed by atoms with Gasteiger partial charge in [0.15, 0.2) is 0 Å². The Kier molecular flexibility index (Phi) is 4.71. The lowest BCUT2D eigenvalue weighted by Crippen LogP contribution is -2.23. The van der Waals surface area contributed by atoms with Crippen LogP contribution in [0.1, 0.15) is 24.4 Å². The molecule has 1 aromatic rings. The van der Waals surface area contributed by atoms with Gasteiger partial charge in [0.25, 0.3) is 0 Å². The lowest BCUT2D eigenvalue weighted by molar-refractivity contribution is -0.144. The van der Waals surface area contributed by atoms with Gasteiger partial charge in [0.05, 0.1) is 19.1 Å². The second kappa shape index (κ2) is 5.82. The summed E-state index contributed by atoms with van der Waals surface area (Å²) in [5.41, 5.74) is 0. The van der Waals surface area contributed by atoms with Crippen LogP contribution in [0.4, 0.5) is 0 Å². The van der Waals surface area contributed by atoms with Crippen molar-refractivity contribution in [3.63, 3.8) is 0 Å². The van der Waals surface area contributed by atoms with E-state index in [2.05, 4.69) is 4.98 Å². The molecule has 0 bridgehead atoms. The zero-order valence-corrected chi connectivity index (χ0v) is 10.1. The highest BCUT2D eigenvalue weighted by atomic mass is 32.1. The highest BCUT2D eigenvalue weighted by Gasteiger charge is 2.20. The van der Waals surface area contributed by atoms with Gasteiger partial charge >= 0.3 is 5.97 Å². The van der Waals surface area contributed by atoms with E-state index in [9.17, 15) is 4.79 Å². The fraction of sp³-hybridized carbons (Fsp3) is 0.600. The molecule has 84 valence electrons. The molecule has 1 heterocycles. The molecule has 0 aliphatic rings. The number of esters is 1. The van der Waals surface area contributed by atoms with Gasteiger partial charge in [-0.1, -0.05) is 0 Å². The molecule has 0 fully saturated rings. The third-order valence-electron chi connectivity index (χ3n) is 2.03. The lowest BCUT2D eigenvalue weighted by atomic mass is 10.2. The molecule has 0 aromatic carbocycles. The molecule has 5 heteroatoms. The van der Waals surface area contributed by atoms with Gasteiger partial charge < -0.3 is 4.74 Å². The minimum Gasteiger partial charge on any atom is -0.466 e. The summed E-state index contributed by atoms with van der Waals surface area (Å²) in [6, 6.07) is 0.0176. The molecule has 0 spiro atoms. The van der Waals surface area contributed by atoms with E-state index in [1.807, 2.05) is 31.3 Å². The number of rotatable bonds is 5. The van der Waals surface area contributed by atoms with Crippen LogP contribution in [-0.4, -0.2) is 36.6 Å². The summed E-state index contributed by atoms with van der Waals surface area (Å²) < 4.78 is 4.93. The van der Waals surface area contributed by atoms with Crippen molar-refractivity contribution in [1.29, 1.82) is 0 Å². The summed E-state index contributed by atoms with van der Waals surface area (Å²) in [6.45, 7) is 2.24. The van der Waals surface area contributed by atoms with Crippen LogP contribution in [0.5, 0.6) is 0 Å². The standard InChI is InChI=1S/C10H16N2O2S/c1-4-14-9(13)7-8(12(2)3)10-11-5-6-15-10/h5-6,8H,4,7H2,1-3H3. The van der Waals surface area contributed by atoms with Crippen molar-refractivity contribution >= 4 is 17.3 Å². The van der Waals surface area contributed by atoms with E-state index >= 15 is 0 Å². The molecular formula is C10H16N2O2S. The Hall–Kier alpha value is -0.940. The monoisotopic (exact) mass is 228 g/mol. The third kappa shape index (κ3) is 3.60. The maximum atomic E-state index is 11.4. The SMILES string of the molecule is CCOC(=O)CC(c1nccs1)N(C)C. The molecule has 1 unspecified atom stereocenters. The number of aromatic nitrogens is 1. The fourth-order valence-electron chi connectivity index (χ4n) is 1.27. The predicted molar refractivity (Wildman–Crippen MR) is 59.8 cm³/mol. The van der Waals surface area contributed by atoms with Crippen LogP contribution in [0, 0.1) is 0 Å². The molecule has 0 saturated heterocycles. The van der Waals surface area contributed by atoms with Crippen LogP contribution in [0.25, 0.3) is 0 Å². The van der Waals surface area contributed by atoms with E-state index < -0.39 is 0 Å². The van der Waals surface area contributed by atoms with Crippen molar-refractivity contribution < 1.29 is 9.53 Å². The second-order valence-electron chi connectivity index (χ2n) is 3.36. The Labute approximate surface area is 93.9 Å². The van der Waals surface area contributed by atoms with Crippen molar-refractivity contribution in [3.05, 3.63) is 16.6 Å². The highest BCUT2D eigenvalue weighted by molar-refractivity contribution is 7.09. The van der Waals surface area contributed by atoms with Crippen molar-refractivity contribution in [3.8, 4) is 0 Å². The molecule has 1 aromatic heterocycles. The van der Waals surface area contributed by atoms with Gasteiger partial charge in [-0.25, -0.2) is 4.98 Å². The average molecular weight is 228 g/mol. The summed E-state index contributed by atoms with van der Waals surface area (Å²) in [7, 11) is 3.87. The minimum absolute atomic E-state index is 0.0176. The van der Waals surface area contributed by atoms with Crippen LogP contribution in [-0.2, 0) is 9.53 Å². The number of hydrogen-bond donors (Lipinski definition) is 0. The number of carbonyl (C=O) groups is 1. The minimum atomic E-state index is -0.175. The molecule has 0 aliphatic carbocycles. The molecule has 0 radical (unpaired) electrons. The predicted octanol–water partition coefficient (Wildman–Crippen LogP) is 1.70. The molecule has 15 heavy (non-hydrogen) atoms. The van der Waals surface area contributed by atoms with Gasteiger partial charge in [-0.3, -0.25) is 9.69 Å². The van der Waals surface area contributed by atoms with Crippen molar-refractivity contribution in [2.24, 2.45) is 0 Å². The van der Waals surface area contributed by atoms with Crippen LogP contribution < -0.4 is 0 Å². The fourth-order valence-corrected chi connectivity index (χ4v) is 2.10. The van der Waals surface area contributed by atoms with Gasteiger partial charge in [-0.15, -0.1) is 11.3 Å². The van der Waals surface area contributed by atoms with Crippen LogP contribution in [0.2, 0.25) is 0 Å². The van der Waals surface area contributed by atoms with Gasteiger partial charge in [0.1, 0.15) is 5.01 Å². The van der Waals surface area contributed by atoms with Gasteiger partial charge in [-0.05, 0) is 21.0 Å². The van der Waals surface area contributed by atoms with Crippen molar-refractivity contribution in [1.82, 2.24) is 9.88 Å². The molecule has 4 nitrogen and oxygen atoms in total. The Morgan fingerprint density at radius 1 is 1.67 bits per heavy atom. The van der Waals surface area contributed by atoms with Gasteiger partial charge in [0, 0.05) is 11.6 Å². The molecule has 1 atom stereocenters. The number of nitrogens with zero attached hydrogens (tertiary/aromatic N) is 2. The average Bonchev–Trinajstić information content (AvgIpc) is 2.66. The van der Waals surface area contributed by atoms with Crippen molar-refractivity contribution in [2.45, 2.75) is 19.4 Å². The first-order chi connectivity index (χ1) is 7.15. The number of ether oxygens (including phenoxy) is 1. The first-order valence-electron chi connectivity index (χ1n) is 4.86. The molecule has 0 saturated carbocycles.